The quantitative estimate of drug-likeness (QED) is 0.698. The highest BCUT2D eigenvalue weighted by Gasteiger charge is 2.26. The maximum Gasteiger partial charge on any atom is 0.158 e. The maximum atomic E-state index is 9.33. The minimum Gasteiger partial charge on any atom is -0.388 e. The molecule has 1 saturated heterocycles. The number of fused-ring (bicyclic) bond motifs is 1. The van der Waals surface area contributed by atoms with Gasteiger partial charge in [-0.3, -0.25) is 0 Å². The van der Waals surface area contributed by atoms with Gasteiger partial charge in [0, 0.05) is 36.3 Å². The molecule has 0 atom stereocenters. The Morgan fingerprint density at radius 1 is 1.19 bits per heavy atom. The van der Waals surface area contributed by atoms with Crippen LogP contribution in [0.1, 0.15) is 36.0 Å². The summed E-state index contributed by atoms with van der Waals surface area (Å²) in [6.45, 7) is 3.99. The van der Waals surface area contributed by atoms with E-state index >= 15 is 0 Å². The van der Waals surface area contributed by atoms with Crippen molar-refractivity contribution in [3.8, 4) is 0 Å². The number of hydrogen-bond acceptors (Lipinski definition) is 6. The molecule has 27 heavy (non-hydrogen) atoms. The predicted molar refractivity (Wildman–Crippen MR) is 109 cm³/mol. The van der Waals surface area contributed by atoms with Gasteiger partial charge < -0.3 is 14.6 Å². The van der Waals surface area contributed by atoms with E-state index in [2.05, 4.69) is 52.5 Å². The summed E-state index contributed by atoms with van der Waals surface area (Å²) < 4.78 is 1.93. The van der Waals surface area contributed by atoms with Crippen molar-refractivity contribution in [1.82, 2.24) is 19.7 Å². The average molecular weight is 384 g/mol. The van der Waals surface area contributed by atoms with Crippen molar-refractivity contribution in [1.29, 1.82) is 0 Å². The summed E-state index contributed by atoms with van der Waals surface area (Å²) in [6.07, 6.45) is 4.12. The monoisotopic (exact) mass is 383 g/mol. The summed E-state index contributed by atoms with van der Waals surface area (Å²) in [5.41, 5.74) is 2.34. The van der Waals surface area contributed by atoms with Gasteiger partial charge in [0.2, 0.25) is 0 Å². The van der Waals surface area contributed by atoms with Gasteiger partial charge in [-0.2, -0.15) is 0 Å². The van der Waals surface area contributed by atoms with E-state index in [9.17, 15) is 5.11 Å². The van der Waals surface area contributed by atoms with Gasteiger partial charge in [0.05, 0.1) is 5.52 Å². The van der Waals surface area contributed by atoms with Crippen molar-refractivity contribution in [3.05, 3.63) is 41.5 Å². The number of aromatic nitrogens is 4. The summed E-state index contributed by atoms with van der Waals surface area (Å²) in [5, 5.41) is 18.9. The molecule has 6 nitrogen and oxygen atoms in total. The highest BCUT2D eigenvalue weighted by molar-refractivity contribution is 7.98. The summed E-state index contributed by atoms with van der Waals surface area (Å²) in [6, 6.07) is 8.72. The van der Waals surface area contributed by atoms with Crippen molar-refractivity contribution < 1.29 is 5.11 Å². The van der Waals surface area contributed by atoms with Crippen LogP contribution in [-0.4, -0.2) is 44.2 Å². The van der Waals surface area contributed by atoms with Crippen molar-refractivity contribution in [2.75, 3.05) is 24.2 Å². The lowest BCUT2D eigenvalue weighted by Gasteiger charge is -2.32. The Hall–Kier alpha value is -2.12. The third-order valence-electron chi connectivity index (χ3n) is 5.53. The molecule has 1 aliphatic heterocycles. The summed E-state index contributed by atoms with van der Waals surface area (Å²) in [4.78, 5) is 8.56. The van der Waals surface area contributed by atoms with Crippen LogP contribution in [0.2, 0.25) is 0 Å². The van der Waals surface area contributed by atoms with Crippen LogP contribution in [0.5, 0.6) is 0 Å². The van der Waals surface area contributed by atoms with Gasteiger partial charge >= 0.3 is 0 Å². The number of pyridine rings is 1. The van der Waals surface area contributed by atoms with Gasteiger partial charge in [0.25, 0.3) is 0 Å². The molecule has 142 valence electrons. The topological polar surface area (TPSA) is 67.1 Å². The molecular weight excluding hydrogens is 358 g/mol. The van der Waals surface area contributed by atoms with Crippen LogP contribution in [0.25, 0.3) is 10.9 Å². The molecule has 3 aromatic rings. The van der Waals surface area contributed by atoms with E-state index in [-0.39, 0.29) is 6.61 Å². The first-order valence-corrected chi connectivity index (χ1v) is 10.5. The zero-order valence-electron chi connectivity index (χ0n) is 16.0. The van der Waals surface area contributed by atoms with E-state index in [0.717, 1.165) is 43.1 Å². The maximum absolute atomic E-state index is 9.33. The average Bonchev–Trinajstić information content (AvgIpc) is 3.08. The van der Waals surface area contributed by atoms with Crippen LogP contribution in [0.15, 0.2) is 29.2 Å². The van der Waals surface area contributed by atoms with Gasteiger partial charge in [0.15, 0.2) is 5.82 Å². The molecule has 0 amide bonds. The molecule has 1 aliphatic rings. The lowest BCUT2D eigenvalue weighted by atomic mass is 9.95. The molecule has 0 spiro atoms. The fourth-order valence-electron chi connectivity index (χ4n) is 3.89. The summed E-state index contributed by atoms with van der Waals surface area (Å²) in [5.74, 6) is 3.05. The van der Waals surface area contributed by atoms with Crippen LogP contribution >= 0.6 is 11.8 Å². The number of aryl methyl sites for hydroxylation is 1. The number of aliphatic hydroxyl groups excluding tert-OH is 1. The first kappa shape index (κ1) is 18.3. The molecule has 2 aromatic heterocycles. The highest BCUT2D eigenvalue weighted by Crippen LogP contribution is 2.31. The fourth-order valence-corrected chi connectivity index (χ4v) is 4.32. The zero-order valence-corrected chi connectivity index (χ0v) is 16.8. The Morgan fingerprint density at radius 2 is 1.96 bits per heavy atom. The van der Waals surface area contributed by atoms with Gasteiger partial charge in [-0.25, -0.2) is 4.98 Å². The standard InChI is InChI=1S/C20H25N5OS/c1-13-10-18(21-17-11-15(27-3)4-5-16(13)17)25-8-6-14(7-9-25)20-23-22-19(12-26)24(20)2/h4-5,10-11,14,26H,6-9,12H2,1-3H3. The van der Waals surface area contributed by atoms with Gasteiger partial charge in [-0.1, -0.05) is 6.07 Å². The zero-order chi connectivity index (χ0) is 19.0. The largest absolute Gasteiger partial charge is 0.388 e. The second kappa shape index (κ2) is 7.48. The third kappa shape index (κ3) is 3.41. The van der Waals surface area contributed by atoms with Crippen LogP contribution in [0, 0.1) is 6.92 Å². The van der Waals surface area contributed by atoms with E-state index in [1.54, 1.807) is 11.8 Å². The van der Waals surface area contributed by atoms with Crippen molar-refractivity contribution >= 4 is 28.5 Å². The third-order valence-corrected chi connectivity index (χ3v) is 6.26. The van der Waals surface area contributed by atoms with Crippen molar-refractivity contribution in [2.45, 2.75) is 37.2 Å². The normalized spacial score (nSPS) is 15.6. The van der Waals surface area contributed by atoms with Gasteiger partial charge in [-0.05, 0) is 49.8 Å². The fraction of sp³-hybridized carbons (Fsp3) is 0.450. The second-order valence-electron chi connectivity index (χ2n) is 7.13. The van der Waals surface area contributed by atoms with Crippen LogP contribution < -0.4 is 4.90 Å². The molecule has 4 rings (SSSR count). The van der Waals surface area contributed by atoms with Crippen molar-refractivity contribution in [2.24, 2.45) is 7.05 Å². The Bertz CT molecular complexity index is 962. The number of rotatable bonds is 4. The van der Waals surface area contributed by atoms with E-state index in [0.29, 0.717) is 11.7 Å². The van der Waals surface area contributed by atoms with E-state index in [1.807, 2.05) is 11.6 Å². The van der Waals surface area contributed by atoms with Crippen molar-refractivity contribution in [3.63, 3.8) is 0 Å². The lowest BCUT2D eigenvalue weighted by Crippen LogP contribution is -2.34. The van der Waals surface area contributed by atoms with Crippen LogP contribution in [0.4, 0.5) is 5.82 Å². The molecule has 0 saturated carbocycles. The first-order chi connectivity index (χ1) is 13.1. The minimum atomic E-state index is -0.0688. The van der Waals surface area contributed by atoms with Gasteiger partial charge in [-0.15, -0.1) is 22.0 Å². The first-order valence-electron chi connectivity index (χ1n) is 9.30. The number of thioether (sulfide) groups is 1. The van der Waals surface area contributed by atoms with E-state index in [4.69, 9.17) is 4.98 Å². The molecule has 7 heteroatoms. The smallest absolute Gasteiger partial charge is 0.158 e. The lowest BCUT2D eigenvalue weighted by molar-refractivity contribution is 0.266. The molecule has 1 N–H and O–H groups in total. The molecule has 3 heterocycles. The summed E-state index contributed by atoms with van der Waals surface area (Å²) >= 11 is 1.75. The number of nitrogens with zero attached hydrogens (tertiary/aromatic N) is 5. The molecule has 0 aliphatic carbocycles. The molecule has 0 unspecified atom stereocenters. The number of piperidine rings is 1. The number of hydrogen-bond donors (Lipinski definition) is 1. The van der Waals surface area contributed by atoms with E-state index in [1.165, 1.54) is 15.8 Å². The predicted octanol–water partition coefficient (Wildman–Crippen LogP) is 3.27. The molecular formula is C20H25N5OS. The van der Waals surface area contributed by atoms with E-state index < -0.39 is 0 Å². The number of anilines is 1. The molecule has 1 fully saturated rings. The van der Waals surface area contributed by atoms with Crippen LogP contribution in [0.3, 0.4) is 0 Å². The van der Waals surface area contributed by atoms with Gasteiger partial charge in [0.1, 0.15) is 18.2 Å². The number of aliphatic hydroxyl groups is 1. The Morgan fingerprint density at radius 3 is 2.63 bits per heavy atom. The summed E-state index contributed by atoms with van der Waals surface area (Å²) in [7, 11) is 1.94. The number of benzene rings is 1. The highest BCUT2D eigenvalue weighted by atomic mass is 32.2. The Balaban J connectivity index is 1.54. The second-order valence-corrected chi connectivity index (χ2v) is 8.01. The molecule has 0 radical (unpaired) electrons. The molecule has 0 bridgehead atoms. The SMILES string of the molecule is CSc1ccc2c(C)cc(N3CCC(c4nnc(CO)n4C)CC3)nc2c1. The Kier molecular flexibility index (Phi) is 5.06. The molecule has 1 aromatic carbocycles. The van der Waals surface area contributed by atoms with Crippen LogP contribution in [-0.2, 0) is 13.7 Å². The minimum absolute atomic E-state index is 0.0688. The Labute approximate surface area is 163 Å².